The van der Waals surface area contributed by atoms with E-state index in [2.05, 4.69) is 36.3 Å². The van der Waals surface area contributed by atoms with Crippen LogP contribution in [0.15, 0.2) is 0 Å². The number of amides is 1. The van der Waals surface area contributed by atoms with Gasteiger partial charge in [0, 0.05) is 25.7 Å². The van der Waals surface area contributed by atoms with Crippen molar-refractivity contribution >= 4 is 51.3 Å². The molecule has 1 amide bonds. The zero-order valence-corrected chi connectivity index (χ0v) is 22.5. The molecule has 2 aromatic heterocycles. The van der Waals surface area contributed by atoms with Crippen LogP contribution in [0.2, 0.25) is 0 Å². The van der Waals surface area contributed by atoms with Crippen molar-refractivity contribution in [3.8, 4) is 0 Å². The molecule has 12 heteroatoms. The van der Waals surface area contributed by atoms with Crippen molar-refractivity contribution in [2.24, 2.45) is 11.8 Å². The van der Waals surface area contributed by atoms with Crippen molar-refractivity contribution in [3.05, 3.63) is 15.0 Å². The molecule has 2 saturated heterocycles. The molecule has 0 aliphatic carbocycles. The molecule has 200 valence electrons. The van der Waals surface area contributed by atoms with Crippen LogP contribution in [-0.4, -0.2) is 69.8 Å². The number of carbonyl (C=O) groups is 2. The van der Waals surface area contributed by atoms with Crippen LogP contribution in [0, 0.1) is 11.8 Å². The van der Waals surface area contributed by atoms with Gasteiger partial charge in [0.1, 0.15) is 20.8 Å². The summed E-state index contributed by atoms with van der Waals surface area (Å²) in [6.45, 7) is 3.99. The Kier molecular flexibility index (Phi) is 12.7. The van der Waals surface area contributed by atoms with Gasteiger partial charge in [-0.15, -0.1) is 31.7 Å². The van der Waals surface area contributed by atoms with E-state index >= 15 is 0 Å². The van der Waals surface area contributed by atoms with Crippen LogP contribution < -0.4 is 16.0 Å². The second-order valence-electron chi connectivity index (χ2n) is 9.30. The number of hydrogen-bond donors (Lipinski definition) is 3. The number of thioether (sulfide) groups is 1. The number of aromatic nitrogens is 4. The third kappa shape index (κ3) is 10.1. The van der Waals surface area contributed by atoms with E-state index in [4.69, 9.17) is 0 Å². The molecule has 0 aromatic carbocycles. The predicted octanol–water partition coefficient (Wildman–Crippen LogP) is 3.37. The van der Waals surface area contributed by atoms with Gasteiger partial charge < -0.3 is 16.0 Å². The van der Waals surface area contributed by atoms with E-state index in [0.29, 0.717) is 36.2 Å². The number of piperidine rings is 2. The fourth-order valence-electron chi connectivity index (χ4n) is 4.48. The number of anilines is 1. The summed E-state index contributed by atoms with van der Waals surface area (Å²) in [5, 5.41) is 29.8. The molecule has 2 aliphatic heterocycles. The Labute approximate surface area is 226 Å². The van der Waals surface area contributed by atoms with Gasteiger partial charge in [-0.3, -0.25) is 9.59 Å². The highest BCUT2D eigenvalue weighted by Crippen LogP contribution is 2.21. The number of hydrogen-bond acceptors (Lipinski definition) is 11. The van der Waals surface area contributed by atoms with Crippen molar-refractivity contribution in [1.29, 1.82) is 0 Å². The number of aryl methyl sites for hydroxylation is 2. The lowest BCUT2D eigenvalue weighted by molar-refractivity contribution is -0.119. The summed E-state index contributed by atoms with van der Waals surface area (Å²) in [4.78, 5) is 24.6. The zero-order valence-electron chi connectivity index (χ0n) is 20.1. The first-order chi connectivity index (χ1) is 17.1. The van der Waals surface area contributed by atoms with E-state index in [1.807, 2.05) is 11.8 Å². The second kappa shape index (κ2) is 15.7. The van der Waals surface area contributed by atoms with E-state index in [1.165, 1.54) is 11.3 Å². The Bertz CT molecular complexity index is 866. The standard InChI is InChI=1S/C23H35N7O2S3.CH4/c31-18(11-16-3-1-7-24-14-16)13-22-29-27-20(34-22)5-9-33-10-6-21-28-30-23(35-21)26-19(32)12-17-4-2-8-25-15-17;/h16-17,24-25H,1-15H2,(H,26,30,32);1H4. The number of rotatable bonds is 13. The average Bonchev–Trinajstić information content (AvgIpc) is 3.49. The van der Waals surface area contributed by atoms with Crippen molar-refractivity contribution < 1.29 is 9.59 Å². The minimum Gasteiger partial charge on any atom is -0.316 e. The fraction of sp³-hybridized carbons (Fsp3) is 0.750. The molecule has 2 unspecified atom stereocenters. The van der Waals surface area contributed by atoms with Gasteiger partial charge in [-0.25, -0.2) is 0 Å². The molecule has 4 rings (SSSR count). The normalized spacial score (nSPS) is 20.0. The first-order valence-electron chi connectivity index (χ1n) is 12.6. The number of Topliss-reactive ketones (excluding diaryl/α,β-unsaturated/α-hetero) is 1. The molecular formula is C24H39N7O2S3. The smallest absolute Gasteiger partial charge is 0.226 e. The Morgan fingerprint density at radius 3 is 2.14 bits per heavy atom. The van der Waals surface area contributed by atoms with E-state index in [0.717, 1.165) is 91.2 Å². The maximum atomic E-state index is 12.3. The number of ketones is 1. The van der Waals surface area contributed by atoms with Crippen molar-refractivity contribution in [1.82, 2.24) is 31.0 Å². The monoisotopic (exact) mass is 553 g/mol. The van der Waals surface area contributed by atoms with Gasteiger partial charge in [-0.1, -0.05) is 18.8 Å². The third-order valence-electron chi connectivity index (χ3n) is 6.28. The first kappa shape index (κ1) is 29.1. The van der Waals surface area contributed by atoms with Gasteiger partial charge in [0.15, 0.2) is 0 Å². The van der Waals surface area contributed by atoms with Crippen molar-refractivity contribution in [3.63, 3.8) is 0 Å². The van der Waals surface area contributed by atoms with Crippen LogP contribution >= 0.6 is 34.4 Å². The summed E-state index contributed by atoms with van der Waals surface area (Å²) in [7, 11) is 0. The molecule has 36 heavy (non-hydrogen) atoms. The Morgan fingerprint density at radius 1 is 0.861 bits per heavy atom. The lowest BCUT2D eigenvalue weighted by atomic mass is 9.93. The summed E-state index contributed by atoms with van der Waals surface area (Å²) in [6.07, 6.45) is 7.83. The quantitative estimate of drug-likeness (QED) is 0.321. The van der Waals surface area contributed by atoms with Crippen LogP contribution in [0.1, 0.15) is 61.0 Å². The number of carbonyl (C=O) groups excluding carboxylic acids is 2. The van der Waals surface area contributed by atoms with E-state index in [1.54, 1.807) is 11.3 Å². The highest BCUT2D eigenvalue weighted by Gasteiger charge is 2.19. The highest BCUT2D eigenvalue weighted by atomic mass is 32.2. The molecule has 3 N–H and O–H groups in total. The van der Waals surface area contributed by atoms with Crippen LogP contribution in [0.3, 0.4) is 0 Å². The molecule has 0 bridgehead atoms. The van der Waals surface area contributed by atoms with Crippen molar-refractivity contribution in [2.45, 2.75) is 65.2 Å². The SMILES string of the molecule is C.O=C(Cc1nnc(CCSCCc2nnc(NC(=O)CC3CCCNC3)s2)s1)CC1CCCNC1. The molecule has 2 atom stereocenters. The zero-order chi connectivity index (χ0) is 24.3. The van der Waals surface area contributed by atoms with Gasteiger partial charge >= 0.3 is 0 Å². The Balaban J connectivity index is 0.00000361. The minimum absolute atomic E-state index is 0. The van der Waals surface area contributed by atoms with Crippen LogP contribution in [-0.2, 0) is 28.9 Å². The molecule has 2 aliphatic rings. The lowest BCUT2D eigenvalue weighted by Gasteiger charge is -2.21. The summed E-state index contributed by atoms with van der Waals surface area (Å²) >= 11 is 4.87. The van der Waals surface area contributed by atoms with Gasteiger partial charge in [0.2, 0.25) is 11.0 Å². The molecule has 2 aromatic rings. The van der Waals surface area contributed by atoms with Crippen LogP contribution in [0.25, 0.3) is 0 Å². The fourth-order valence-corrected chi connectivity index (χ4v) is 7.24. The maximum Gasteiger partial charge on any atom is 0.226 e. The minimum atomic E-state index is 0. The summed E-state index contributed by atoms with van der Waals surface area (Å²) in [6, 6.07) is 0. The second-order valence-corrected chi connectivity index (χ2v) is 12.7. The third-order valence-corrected chi connectivity index (χ3v) is 9.15. The maximum absolute atomic E-state index is 12.3. The Hall–Kier alpha value is -1.47. The van der Waals surface area contributed by atoms with Crippen LogP contribution in [0.4, 0.5) is 5.13 Å². The number of nitrogens with zero attached hydrogens (tertiary/aromatic N) is 4. The molecule has 9 nitrogen and oxygen atoms in total. The molecular weight excluding hydrogens is 515 g/mol. The van der Waals surface area contributed by atoms with Gasteiger partial charge in [-0.2, -0.15) is 11.8 Å². The highest BCUT2D eigenvalue weighted by molar-refractivity contribution is 7.99. The first-order valence-corrected chi connectivity index (χ1v) is 15.4. The molecule has 0 radical (unpaired) electrons. The summed E-state index contributed by atoms with van der Waals surface area (Å²) in [5.74, 6) is 3.08. The lowest BCUT2D eigenvalue weighted by Crippen LogP contribution is -2.32. The van der Waals surface area contributed by atoms with Gasteiger partial charge in [0.25, 0.3) is 0 Å². The van der Waals surface area contributed by atoms with E-state index in [-0.39, 0.29) is 19.1 Å². The molecule has 4 heterocycles. The van der Waals surface area contributed by atoms with Crippen molar-refractivity contribution in [2.75, 3.05) is 43.0 Å². The average molecular weight is 554 g/mol. The predicted molar refractivity (Wildman–Crippen MR) is 149 cm³/mol. The number of nitrogens with one attached hydrogen (secondary N) is 3. The largest absolute Gasteiger partial charge is 0.316 e. The summed E-state index contributed by atoms with van der Waals surface area (Å²) < 4.78 is 0. The molecule has 0 saturated carbocycles. The van der Waals surface area contributed by atoms with E-state index in [9.17, 15) is 9.59 Å². The van der Waals surface area contributed by atoms with Gasteiger partial charge in [0.05, 0.1) is 6.42 Å². The molecule has 2 fully saturated rings. The van der Waals surface area contributed by atoms with E-state index < -0.39 is 0 Å². The van der Waals surface area contributed by atoms with Crippen LogP contribution in [0.5, 0.6) is 0 Å². The molecule has 0 spiro atoms. The van der Waals surface area contributed by atoms with Gasteiger partial charge in [-0.05, 0) is 75.2 Å². The topological polar surface area (TPSA) is 122 Å². The summed E-state index contributed by atoms with van der Waals surface area (Å²) in [5.41, 5.74) is 0. The Morgan fingerprint density at radius 2 is 1.47 bits per heavy atom.